The van der Waals surface area contributed by atoms with E-state index in [1.54, 1.807) is 23.1 Å². The first kappa shape index (κ1) is 20.6. The minimum Gasteiger partial charge on any atom is -0.493 e. The van der Waals surface area contributed by atoms with E-state index in [4.69, 9.17) is 27.9 Å². The fraction of sp³-hybridized carbons (Fsp3) is 0.208. The first-order valence-corrected chi connectivity index (χ1v) is 10.6. The van der Waals surface area contributed by atoms with Crippen molar-refractivity contribution in [2.24, 2.45) is 5.92 Å². The van der Waals surface area contributed by atoms with Gasteiger partial charge in [-0.3, -0.25) is 9.69 Å². The molecular weight excluding hydrogens is 419 g/mol. The summed E-state index contributed by atoms with van der Waals surface area (Å²) in [6, 6.07) is 20.5. The number of halogens is 2. The average Bonchev–Trinajstić information content (AvgIpc) is 2.75. The molecule has 4 rings (SSSR count). The van der Waals surface area contributed by atoms with Crippen molar-refractivity contribution >= 4 is 40.5 Å². The Morgan fingerprint density at radius 3 is 2.43 bits per heavy atom. The molecule has 1 amide bonds. The normalized spacial score (nSPS) is 15.7. The number of fused-ring (bicyclic) bond motifs is 1. The van der Waals surface area contributed by atoms with Crippen LogP contribution < -0.4 is 15.0 Å². The molecule has 1 aliphatic rings. The van der Waals surface area contributed by atoms with Crippen LogP contribution >= 0.6 is 23.2 Å². The predicted octanol–water partition coefficient (Wildman–Crippen LogP) is 6.80. The van der Waals surface area contributed by atoms with Crippen molar-refractivity contribution in [3.63, 3.8) is 0 Å². The Labute approximate surface area is 186 Å². The number of amides is 1. The molecule has 1 unspecified atom stereocenters. The van der Waals surface area contributed by atoms with E-state index in [-0.39, 0.29) is 5.91 Å². The fourth-order valence-corrected chi connectivity index (χ4v) is 3.69. The first-order valence-electron chi connectivity index (χ1n) is 9.81. The predicted molar refractivity (Wildman–Crippen MR) is 123 cm³/mol. The average molecular weight is 441 g/mol. The molecule has 0 aliphatic carbocycles. The largest absolute Gasteiger partial charge is 0.493 e. The van der Waals surface area contributed by atoms with Crippen molar-refractivity contribution in [2.45, 2.75) is 20.0 Å². The molecule has 3 aromatic carbocycles. The highest BCUT2D eigenvalue weighted by Gasteiger charge is 2.34. The molecule has 154 valence electrons. The third kappa shape index (κ3) is 4.11. The summed E-state index contributed by atoms with van der Waals surface area (Å²) in [6.45, 7) is 4.87. The molecule has 1 N–H and O–H groups in total. The molecule has 0 fully saturated rings. The highest BCUT2D eigenvalue weighted by atomic mass is 35.5. The maximum atomic E-state index is 13.4. The third-order valence-electron chi connectivity index (χ3n) is 4.89. The van der Waals surface area contributed by atoms with E-state index < -0.39 is 6.17 Å². The van der Waals surface area contributed by atoms with Gasteiger partial charge in [-0.05, 0) is 53.9 Å². The second-order valence-electron chi connectivity index (χ2n) is 7.64. The molecule has 0 radical (unpaired) electrons. The number of benzene rings is 3. The lowest BCUT2D eigenvalue weighted by molar-refractivity contribution is 0.0975. The van der Waals surface area contributed by atoms with Crippen LogP contribution in [0, 0.1) is 5.92 Å². The Bertz CT molecular complexity index is 1070. The van der Waals surface area contributed by atoms with Gasteiger partial charge < -0.3 is 10.1 Å². The van der Waals surface area contributed by atoms with E-state index in [2.05, 4.69) is 19.2 Å². The zero-order valence-corrected chi connectivity index (χ0v) is 18.2. The minimum absolute atomic E-state index is 0.104. The fourth-order valence-electron chi connectivity index (χ4n) is 3.40. The summed E-state index contributed by atoms with van der Waals surface area (Å²) >= 11 is 12.3. The van der Waals surface area contributed by atoms with Crippen LogP contribution in [0.3, 0.4) is 0 Å². The van der Waals surface area contributed by atoms with Crippen LogP contribution in [0.25, 0.3) is 0 Å². The molecule has 1 heterocycles. The van der Waals surface area contributed by atoms with E-state index in [0.717, 1.165) is 17.0 Å². The van der Waals surface area contributed by atoms with Gasteiger partial charge in [-0.15, -0.1) is 0 Å². The quantitative estimate of drug-likeness (QED) is 0.474. The van der Waals surface area contributed by atoms with Gasteiger partial charge in [0.05, 0.1) is 22.2 Å². The Kier molecular flexibility index (Phi) is 5.89. The van der Waals surface area contributed by atoms with Crippen molar-refractivity contribution in [2.75, 3.05) is 16.8 Å². The summed E-state index contributed by atoms with van der Waals surface area (Å²) in [4.78, 5) is 15.1. The monoisotopic (exact) mass is 440 g/mol. The number of nitrogens with zero attached hydrogens (tertiary/aromatic N) is 1. The van der Waals surface area contributed by atoms with Gasteiger partial charge in [0.25, 0.3) is 5.91 Å². The molecular formula is C24H22Cl2N2O2. The molecule has 0 aromatic heterocycles. The number of hydrogen-bond acceptors (Lipinski definition) is 3. The summed E-state index contributed by atoms with van der Waals surface area (Å²) < 4.78 is 5.79. The lowest BCUT2D eigenvalue weighted by Crippen LogP contribution is -2.43. The van der Waals surface area contributed by atoms with Crippen molar-refractivity contribution in [1.82, 2.24) is 0 Å². The van der Waals surface area contributed by atoms with E-state index in [1.807, 2.05) is 48.5 Å². The van der Waals surface area contributed by atoms with E-state index >= 15 is 0 Å². The lowest BCUT2D eigenvalue weighted by atomic mass is 10.0. The second kappa shape index (κ2) is 8.58. The maximum absolute atomic E-state index is 13.4. The molecule has 0 saturated carbocycles. The van der Waals surface area contributed by atoms with Crippen LogP contribution in [-0.4, -0.2) is 12.5 Å². The zero-order chi connectivity index (χ0) is 21.3. The van der Waals surface area contributed by atoms with Crippen LogP contribution in [0.4, 0.5) is 11.4 Å². The topological polar surface area (TPSA) is 41.6 Å². The van der Waals surface area contributed by atoms with Crippen LogP contribution in [-0.2, 0) is 0 Å². The molecule has 0 spiro atoms. The number of carbonyl (C=O) groups excluding carboxylic acids is 1. The van der Waals surface area contributed by atoms with E-state index in [9.17, 15) is 4.79 Å². The number of carbonyl (C=O) groups is 1. The molecule has 0 saturated heterocycles. The van der Waals surface area contributed by atoms with Crippen LogP contribution in [0.2, 0.25) is 10.0 Å². The van der Waals surface area contributed by atoms with Crippen LogP contribution in [0.15, 0.2) is 66.7 Å². The summed E-state index contributed by atoms with van der Waals surface area (Å²) in [5.74, 6) is 1.15. The Balaban J connectivity index is 1.73. The van der Waals surface area contributed by atoms with E-state index in [1.165, 1.54) is 0 Å². The smallest absolute Gasteiger partial charge is 0.262 e. The number of nitrogens with one attached hydrogen (secondary N) is 1. The Hall–Kier alpha value is -2.69. The number of hydrogen-bond donors (Lipinski definition) is 1. The van der Waals surface area contributed by atoms with Gasteiger partial charge in [-0.1, -0.05) is 61.3 Å². The van der Waals surface area contributed by atoms with Gasteiger partial charge >= 0.3 is 0 Å². The van der Waals surface area contributed by atoms with Crippen molar-refractivity contribution in [3.8, 4) is 5.75 Å². The van der Waals surface area contributed by atoms with Gasteiger partial charge in [0.2, 0.25) is 0 Å². The maximum Gasteiger partial charge on any atom is 0.262 e. The molecule has 30 heavy (non-hydrogen) atoms. The molecule has 3 aromatic rings. The molecule has 1 aliphatic heterocycles. The molecule has 0 bridgehead atoms. The van der Waals surface area contributed by atoms with Crippen molar-refractivity contribution < 1.29 is 9.53 Å². The molecule has 6 heteroatoms. The van der Waals surface area contributed by atoms with Gasteiger partial charge in [-0.2, -0.15) is 0 Å². The SMILES string of the molecule is CC(C)COc1ccc(C2Nc3ccccc3C(=O)N2c2ccc(Cl)c(Cl)c2)cc1. The van der Waals surface area contributed by atoms with Crippen molar-refractivity contribution in [1.29, 1.82) is 0 Å². The van der Waals surface area contributed by atoms with E-state index in [0.29, 0.717) is 33.8 Å². The number of rotatable bonds is 5. The van der Waals surface area contributed by atoms with Gasteiger partial charge in [0.15, 0.2) is 0 Å². The third-order valence-corrected chi connectivity index (χ3v) is 5.63. The van der Waals surface area contributed by atoms with Gasteiger partial charge in [0, 0.05) is 11.4 Å². The molecule has 4 nitrogen and oxygen atoms in total. The summed E-state index contributed by atoms with van der Waals surface area (Å²) in [5, 5.41) is 4.33. The minimum atomic E-state index is -0.399. The summed E-state index contributed by atoms with van der Waals surface area (Å²) in [7, 11) is 0. The number of ether oxygens (including phenoxy) is 1. The highest BCUT2D eigenvalue weighted by Crippen LogP contribution is 2.38. The molecule has 1 atom stereocenters. The summed E-state index contributed by atoms with van der Waals surface area (Å²) in [5.41, 5.74) is 3.00. The van der Waals surface area contributed by atoms with Gasteiger partial charge in [-0.25, -0.2) is 0 Å². The second-order valence-corrected chi connectivity index (χ2v) is 8.45. The van der Waals surface area contributed by atoms with Crippen LogP contribution in [0.1, 0.15) is 35.9 Å². The number of para-hydroxylation sites is 1. The van der Waals surface area contributed by atoms with Gasteiger partial charge in [0.1, 0.15) is 11.9 Å². The Morgan fingerprint density at radius 2 is 1.73 bits per heavy atom. The standard InChI is InChI=1S/C24H22Cl2N2O2/c1-15(2)14-30-18-10-7-16(8-11-18)23-27-22-6-4-3-5-19(22)24(29)28(23)17-9-12-20(25)21(26)13-17/h3-13,15,23,27H,14H2,1-2H3. The summed E-state index contributed by atoms with van der Waals surface area (Å²) in [6.07, 6.45) is -0.399. The van der Waals surface area contributed by atoms with Crippen LogP contribution in [0.5, 0.6) is 5.75 Å². The highest BCUT2D eigenvalue weighted by molar-refractivity contribution is 6.42. The Morgan fingerprint density at radius 1 is 1.00 bits per heavy atom. The van der Waals surface area contributed by atoms with Crippen molar-refractivity contribution in [3.05, 3.63) is 87.9 Å². The lowest BCUT2D eigenvalue weighted by Gasteiger charge is -2.38. The number of anilines is 2. The zero-order valence-electron chi connectivity index (χ0n) is 16.7. The first-order chi connectivity index (χ1) is 14.4.